The summed E-state index contributed by atoms with van der Waals surface area (Å²) in [7, 11) is 0. The van der Waals surface area contributed by atoms with Crippen LogP contribution in [0.4, 0.5) is 0 Å². The standard InChI is InChI=1S/C13H13N2/c1-11(13-7-3-5-9-15-13)10-12-6-2-4-8-14-12/h2-9,11H,1,10H2. The van der Waals surface area contributed by atoms with Crippen molar-refractivity contribution in [2.24, 2.45) is 0 Å². The molecule has 1 radical (unpaired) electrons. The predicted octanol–water partition coefficient (Wildman–Crippen LogP) is 2.64. The fourth-order valence-electron chi connectivity index (χ4n) is 1.49. The molecule has 2 heteroatoms. The van der Waals surface area contributed by atoms with Crippen molar-refractivity contribution in [2.75, 3.05) is 0 Å². The monoisotopic (exact) mass is 197 g/mol. The Morgan fingerprint density at radius 1 is 1.00 bits per heavy atom. The van der Waals surface area contributed by atoms with Gasteiger partial charge in [-0.25, -0.2) is 0 Å². The van der Waals surface area contributed by atoms with E-state index < -0.39 is 0 Å². The van der Waals surface area contributed by atoms with Crippen LogP contribution in [0.3, 0.4) is 0 Å². The molecule has 0 spiro atoms. The highest BCUT2D eigenvalue weighted by Gasteiger charge is 2.07. The van der Waals surface area contributed by atoms with E-state index in [0.29, 0.717) is 0 Å². The summed E-state index contributed by atoms with van der Waals surface area (Å²) in [6, 6.07) is 11.8. The normalized spacial score (nSPS) is 12.3. The second kappa shape index (κ2) is 4.69. The molecular weight excluding hydrogens is 184 g/mol. The van der Waals surface area contributed by atoms with Gasteiger partial charge in [-0.15, -0.1) is 0 Å². The van der Waals surface area contributed by atoms with E-state index in [2.05, 4.69) is 16.9 Å². The molecule has 15 heavy (non-hydrogen) atoms. The molecule has 1 unspecified atom stereocenters. The third-order valence-corrected chi connectivity index (χ3v) is 2.29. The predicted molar refractivity (Wildman–Crippen MR) is 60.3 cm³/mol. The van der Waals surface area contributed by atoms with E-state index in [9.17, 15) is 0 Å². The third-order valence-electron chi connectivity index (χ3n) is 2.29. The molecule has 0 N–H and O–H groups in total. The van der Waals surface area contributed by atoms with E-state index in [1.807, 2.05) is 36.4 Å². The summed E-state index contributed by atoms with van der Waals surface area (Å²) in [6.07, 6.45) is 4.43. The van der Waals surface area contributed by atoms with Gasteiger partial charge in [-0.3, -0.25) is 9.97 Å². The van der Waals surface area contributed by atoms with Gasteiger partial charge in [0, 0.05) is 29.7 Å². The van der Waals surface area contributed by atoms with Gasteiger partial charge < -0.3 is 0 Å². The first-order valence-electron chi connectivity index (χ1n) is 5.00. The quantitative estimate of drug-likeness (QED) is 0.756. The van der Waals surface area contributed by atoms with Crippen LogP contribution in [0.25, 0.3) is 0 Å². The number of hydrogen-bond donors (Lipinski definition) is 0. The molecule has 0 fully saturated rings. The zero-order chi connectivity index (χ0) is 10.5. The minimum atomic E-state index is 0.168. The first-order chi connectivity index (χ1) is 7.36. The van der Waals surface area contributed by atoms with Crippen molar-refractivity contribution < 1.29 is 0 Å². The third kappa shape index (κ3) is 2.62. The molecule has 0 aromatic carbocycles. The van der Waals surface area contributed by atoms with E-state index in [1.165, 1.54) is 0 Å². The fourth-order valence-corrected chi connectivity index (χ4v) is 1.49. The highest BCUT2D eigenvalue weighted by atomic mass is 14.7. The maximum Gasteiger partial charge on any atom is 0.0438 e. The van der Waals surface area contributed by atoms with Crippen LogP contribution in [0.2, 0.25) is 0 Å². The van der Waals surface area contributed by atoms with Gasteiger partial charge in [0.2, 0.25) is 0 Å². The lowest BCUT2D eigenvalue weighted by Gasteiger charge is -2.09. The summed E-state index contributed by atoms with van der Waals surface area (Å²) in [5, 5.41) is 0. The van der Waals surface area contributed by atoms with Gasteiger partial charge in [-0.05, 0) is 37.6 Å². The molecule has 0 saturated heterocycles. The Kier molecular flexibility index (Phi) is 3.08. The molecule has 2 nitrogen and oxygen atoms in total. The van der Waals surface area contributed by atoms with Crippen LogP contribution in [0.1, 0.15) is 17.3 Å². The Morgan fingerprint density at radius 2 is 1.73 bits per heavy atom. The molecule has 0 aliphatic carbocycles. The van der Waals surface area contributed by atoms with Crippen molar-refractivity contribution in [1.29, 1.82) is 0 Å². The molecule has 75 valence electrons. The zero-order valence-corrected chi connectivity index (χ0v) is 8.50. The first-order valence-corrected chi connectivity index (χ1v) is 5.00. The van der Waals surface area contributed by atoms with E-state index in [0.717, 1.165) is 17.8 Å². The van der Waals surface area contributed by atoms with Crippen molar-refractivity contribution in [3.63, 3.8) is 0 Å². The van der Waals surface area contributed by atoms with E-state index in [-0.39, 0.29) is 5.92 Å². The van der Waals surface area contributed by atoms with Crippen molar-refractivity contribution in [3.8, 4) is 0 Å². The number of nitrogens with zero attached hydrogens (tertiary/aromatic N) is 2. The average molecular weight is 197 g/mol. The van der Waals surface area contributed by atoms with Crippen LogP contribution in [-0.2, 0) is 6.42 Å². The van der Waals surface area contributed by atoms with Gasteiger partial charge in [0.1, 0.15) is 0 Å². The summed E-state index contributed by atoms with van der Waals surface area (Å²) in [4.78, 5) is 8.56. The van der Waals surface area contributed by atoms with Gasteiger partial charge in [-0.2, -0.15) is 0 Å². The second-order valence-electron chi connectivity index (χ2n) is 3.48. The summed E-state index contributed by atoms with van der Waals surface area (Å²) >= 11 is 0. The highest BCUT2D eigenvalue weighted by molar-refractivity contribution is 5.15. The van der Waals surface area contributed by atoms with Crippen LogP contribution < -0.4 is 0 Å². The molecule has 2 aromatic heterocycles. The van der Waals surface area contributed by atoms with Crippen LogP contribution in [0.15, 0.2) is 48.8 Å². The number of pyridine rings is 2. The van der Waals surface area contributed by atoms with Gasteiger partial charge in [0.25, 0.3) is 0 Å². The minimum absolute atomic E-state index is 0.168. The summed E-state index contributed by atoms with van der Waals surface area (Å²) in [5.74, 6) is 0.168. The topological polar surface area (TPSA) is 25.8 Å². The molecular formula is C13H13N2. The van der Waals surface area contributed by atoms with Gasteiger partial charge >= 0.3 is 0 Å². The molecule has 0 aliphatic rings. The number of rotatable bonds is 3. The summed E-state index contributed by atoms with van der Waals surface area (Å²) in [6.45, 7) is 4.10. The van der Waals surface area contributed by atoms with Crippen molar-refractivity contribution >= 4 is 0 Å². The van der Waals surface area contributed by atoms with Crippen molar-refractivity contribution in [2.45, 2.75) is 12.3 Å². The molecule has 0 saturated carbocycles. The lowest BCUT2D eigenvalue weighted by molar-refractivity contribution is 0.777. The average Bonchev–Trinajstić information content (AvgIpc) is 2.31. The number of hydrogen-bond acceptors (Lipinski definition) is 2. The lowest BCUT2D eigenvalue weighted by Crippen LogP contribution is -2.02. The highest BCUT2D eigenvalue weighted by Crippen LogP contribution is 2.15. The molecule has 1 atom stereocenters. The molecule has 0 aliphatic heterocycles. The molecule has 0 amide bonds. The molecule has 2 rings (SSSR count). The maximum atomic E-state index is 4.28. The van der Waals surface area contributed by atoms with Gasteiger partial charge in [0.05, 0.1) is 0 Å². The van der Waals surface area contributed by atoms with E-state index in [4.69, 9.17) is 0 Å². The molecule has 2 aromatic rings. The minimum Gasteiger partial charge on any atom is -0.261 e. The van der Waals surface area contributed by atoms with Crippen molar-refractivity contribution in [3.05, 3.63) is 67.1 Å². The Balaban J connectivity index is 2.08. The summed E-state index contributed by atoms with van der Waals surface area (Å²) < 4.78 is 0. The molecule has 0 bridgehead atoms. The number of aromatic nitrogens is 2. The second-order valence-corrected chi connectivity index (χ2v) is 3.48. The van der Waals surface area contributed by atoms with E-state index >= 15 is 0 Å². The Hall–Kier alpha value is -1.70. The Morgan fingerprint density at radius 3 is 2.33 bits per heavy atom. The summed E-state index contributed by atoms with van der Waals surface area (Å²) in [5.41, 5.74) is 2.08. The fraction of sp³-hybridized carbons (Fsp3) is 0.154. The smallest absolute Gasteiger partial charge is 0.0438 e. The SMILES string of the molecule is [CH2]C(Cc1ccccn1)c1ccccn1. The molecule has 2 heterocycles. The van der Waals surface area contributed by atoms with Crippen LogP contribution >= 0.6 is 0 Å². The van der Waals surface area contributed by atoms with E-state index in [1.54, 1.807) is 12.4 Å². The van der Waals surface area contributed by atoms with Crippen LogP contribution in [-0.4, -0.2) is 9.97 Å². The maximum absolute atomic E-state index is 4.28. The first kappa shape index (κ1) is 9.84. The van der Waals surface area contributed by atoms with Gasteiger partial charge in [0.15, 0.2) is 0 Å². The van der Waals surface area contributed by atoms with Crippen LogP contribution in [0.5, 0.6) is 0 Å². The van der Waals surface area contributed by atoms with Crippen LogP contribution in [0, 0.1) is 6.92 Å². The zero-order valence-electron chi connectivity index (χ0n) is 8.50. The Bertz CT molecular complexity index is 397. The largest absolute Gasteiger partial charge is 0.261 e. The Labute approximate surface area is 90.0 Å². The lowest BCUT2D eigenvalue weighted by atomic mass is 10.0. The van der Waals surface area contributed by atoms with Gasteiger partial charge in [-0.1, -0.05) is 12.1 Å². The van der Waals surface area contributed by atoms with Crippen molar-refractivity contribution in [1.82, 2.24) is 9.97 Å².